The molecule has 2 aliphatic rings. The number of aromatic nitrogens is 2. The van der Waals surface area contributed by atoms with Crippen LogP contribution in [0, 0.1) is 5.82 Å². The molecule has 2 aromatic carbocycles. The van der Waals surface area contributed by atoms with Crippen LogP contribution in [0.15, 0.2) is 47.0 Å². The van der Waals surface area contributed by atoms with Crippen molar-refractivity contribution in [2.45, 2.75) is 31.7 Å². The van der Waals surface area contributed by atoms with Crippen molar-refractivity contribution in [1.82, 2.24) is 15.0 Å². The summed E-state index contributed by atoms with van der Waals surface area (Å²) in [6, 6.07) is 11.2. The number of hydrogen-bond acceptors (Lipinski definition) is 7. The van der Waals surface area contributed by atoms with Gasteiger partial charge < -0.3 is 19.3 Å². The quantitative estimate of drug-likeness (QED) is 0.629. The molecule has 2 atom stereocenters. The molecule has 172 valence electrons. The molecule has 0 radical (unpaired) electrons. The molecule has 0 bridgehead atoms. The number of fused-ring (bicyclic) bond motifs is 1. The lowest BCUT2D eigenvalue weighted by molar-refractivity contribution is -0.121. The minimum Gasteiger partial charge on any atom is -0.486 e. The van der Waals surface area contributed by atoms with Gasteiger partial charge in [-0.3, -0.25) is 9.69 Å². The maximum atomic E-state index is 13.5. The average molecular weight is 452 g/mol. The van der Waals surface area contributed by atoms with E-state index in [0.717, 1.165) is 19.4 Å². The molecule has 2 aliphatic heterocycles. The second-order valence-corrected chi connectivity index (χ2v) is 8.32. The Bertz CT molecular complexity index is 1150. The van der Waals surface area contributed by atoms with Crippen LogP contribution in [0.25, 0.3) is 11.4 Å². The molecular formula is C24H25FN4O4. The number of nitrogens with one attached hydrogen (secondary N) is 1. The molecule has 8 nitrogen and oxygen atoms in total. The molecule has 0 aliphatic carbocycles. The van der Waals surface area contributed by atoms with E-state index in [-0.39, 0.29) is 23.7 Å². The molecule has 33 heavy (non-hydrogen) atoms. The number of piperidine rings is 1. The fourth-order valence-electron chi connectivity index (χ4n) is 4.24. The van der Waals surface area contributed by atoms with Crippen LogP contribution in [0.1, 0.15) is 31.6 Å². The second kappa shape index (κ2) is 9.19. The van der Waals surface area contributed by atoms with E-state index in [1.54, 1.807) is 24.3 Å². The van der Waals surface area contributed by atoms with Crippen molar-refractivity contribution >= 4 is 11.6 Å². The highest BCUT2D eigenvalue weighted by Crippen LogP contribution is 2.33. The fraction of sp³-hybridized carbons (Fsp3) is 0.375. The molecule has 5 rings (SSSR count). The number of likely N-dealkylation sites (tertiary alicyclic amines) is 1. The van der Waals surface area contributed by atoms with Gasteiger partial charge in [-0.05, 0) is 50.6 Å². The molecule has 0 spiro atoms. The predicted octanol–water partition coefficient (Wildman–Crippen LogP) is 3.85. The first-order valence-corrected chi connectivity index (χ1v) is 11.1. The van der Waals surface area contributed by atoms with E-state index < -0.39 is 0 Å². The highest BCUT2D eigenvalue weighted by Gasteiger charge is 2.31. The lowest BCUT2D eigenvalue weighted by Crippen LogP contribution is -2.46. The van der Waals surface area contributed by atoms with Crippen LogP contribution in [-0.2, 0) is 4.79 Å². The Morgan fingerprint density at radius 1 is 1.18 bits per heavy atom. The summed E-state index contributed by atoms with van der Waals surface area (Å²) in [7, 11) is 0. The van der Waals surface area contributed by atoms with Crippen molar-refractivity contribution in [2.75, 3.05) is 31.6 Å². The molecule has 1 N–H and O–H groups in total. The Morgan fingerprint density at radius 2 is 2.03 bits per heavy atom. The molecule has 1 fully saturated rings. The van der Waals surface area contributed by atoms with Crippen molar-refractivity contribution in [1.29, 1.82) is 0 Å². The minimum absolute atomic E-state index is 0.0121. The van der Waals surface area contributed by atoms with Crippen LogP contribution in [0.4, 0.5) is 10.1 Å². The monoisotopic (exact) mass is 452 g/mol. The Kier molecular flexibility index (Phi) is 5.95. The molecular weight excluding hydrogens is 427 g/mol. The lowest BCUT2D eigenvalue weighted by atomic mass is 9.96. The summed E-state index contributed by atoms with van der Waals surface area (Å²) >= 11 is 0. The van der Waals surface area contributed by atoms with Crippen LogP contribution < -0.4 is 14.8 Å². The van der Waals surface area contributed by atoms with Gasteiger partial charge in [-0.1, -0.05) is 17.3 Å². The molecule has 0 saturated carbocycles. The van der Waals surface area contributed by atoms with E-state index in [0.29, 0.717) is 54.2 Å². The Labute approximate surface area is 190 Å². The van der Waals surface area contributed by atoms with E-state index in [1.807, 2.05) is 13.0 Å². The number of ether oxygens (including phenoxy) is 2. The van der Waals surface area contributed by atoms with Crippen molar-refractivity contribution < 1.29 is 23.2 Å². The summed E-state index contributed by atoms with van der Waals surface area (Å²) in [5.41, 5.74) is 1.24. The van der Waals surface area contributed by atoms with Gasteiger partial charge in [0.05, 0.1) is 12.0 Å². The molecule has 1 amide bonds. The normalized spacial score (nSPS) is 19.2. The summed E-state index contributed by atoms with van der Waals surface area (Å²) in [5, 5.41) is 7.00. The van der Waals surface area contributed by atoms with Gasteiger partial charge in [0, 0.05) is 23.9 Å². The Hall–Kier alpha value is -3.46. The number of halogens is 1. The SMILES string of the molecule is CC(C(=O)Nc1ccc2c(c1)OCCO2)N1CCCC(c2nc(-c3cccc(F)c3)no2)C1. The van der Waals surface area contributed by atoms with Crippen LogP contribution in [0.2, 0.25) is 0 Å². The minimum atomic E-state index is -0.347. The lowest BCUT2D eigenvalue weighted by Gasteiger charge is -2.34. The first kappa shape index (κ1) is 21.4. The van der Waals surface area contributed by atoms with Gasteiger partial charge in [-0.2, -0.15) is 4.98 Å². The Morgan fingerprint density at radius 3 is 2.88 bits per heavy atom. The summed E-state index contributed by atoms with van der Waals surface area (Å²) in [5.74, 6) is 1.76. The number of carbonyl (C=O) groups is 1. The Balaban J connectivity index is 1.23. The molecule has 9 heteroatoms. The number of rotatable bonds is 5. The van der Waals surface area contributed by atoms with Crippen LogP contribution in [0.3, 0.4) is 0 Å². The zero-order valence-corrected chi connectivity index (χ0v) is 18.3. The molecule has 3 heterocycles. The average Bonchev–Trinajstić information content (AvgIpc) is 3.34. The topological polar surface area (TPSA) is 89.7 Å². The van der Waals surface area contributed by atoms with Gasteiger partial charge in [0.15, 0.2) is 11.5 Å². The van der Waals surface area contributed by atoms with Gasteiger partial charge in [-0.25, -0.2) is 4.39 Å². The third kappa shape index (κ3) is 4.68. The smallest absolute Gasteiger partial charge is 0.241 e. The van der Waals surface area contributed by atoms with E-state index in [9.17, 15) is 9.18 Å². The van der Waals surface area contributed by atoms with Gasteiger partial charge >= 0.3 is 0 Å². The molecule has 2 unspecified atom stereocenters. The zero-order chi connectivity index (χ0) is 22.8. The number of benzene rings is 2. The van der Waals surface area contributed by atoms with E-state index in [2.05, 4.69) is 20.4 Å². The number of anilines is 1. The van der Waals surface area contributed by atoms with Gasteiger partial charge in [0.1, 0.15) is 19.0 Å². The summed E-state index contributed by atoms with van der Waals surface area (Å²) in [6.45, 7) is 4.33. The largest absolute Gasteiger partial charge is 0.486 e. The predicted molar refractivity (Wildman–Crippen MR) is 119 cm³/mol. The first-order chi connectivity index (χ1) is 16.1. The van der Waals surface area contributed by atoms with E-state index >= 15 is 0 Å². The van der Waals surface area contributed by atoms with Gasteiger partial charge in [0.25, 0.3) is 0 Å². The van der Waals surface area contributed by atoms with Crippen molar-refractivity contribution in [3.63, 3.8) is 0 Å². The third-order valence-corrected chi connectivity index (χ3v) is 6.06. The highest BCUT2D eigenvalue weighted by atomic mass is 19.1. The standard InChI is InChI=1S/C24H25FN4O4/c1-15(23(30)26-19-7-8-20-21(13-19)32-11-10-31-20)29-9-3-5-17(14-29)24-27-22(28-33-24)16-4-2-6-18(25)12-16/h2,4,6-8,12-13,15,17H,3,5,9-11,14H2,1H3,(H,26,30). The zero-order valence-electron chi connectivity index (χ0n) is 18.3. The van der Waals surface area contributed by atoms with Gasteiger partial charge in [-0.15, -0.1) is 0 Å². The first-order valence-electron chi connectivity index (χ1n) is 11.1. The van der Waals surface area contributed by atoms with Crippen LogP contribution in [-0.4, -0.2) is 53.3 Å². The summed E-state index contributed by atoms with van der Waals surface area (Å²) in [6.07, 6.45) is 1.79. The maximum absolute atomic E-state index is 13.5. The van der Waals surface area contributed by atoms with Gasteiger partial charge in [0.2, 0.25) is 17.6 Å². The summed E-state index contributed by atoms with van der Waals surface area (Å²) < 4.78 is 30.2. The van der Waals surface area contributed by atoms with Crippen LogP contribution in [0.5, 0.6) is 11.5 Å². The molecule has 1 saturated heterocycles. The van der Waals surface area contributed by atoms with Crippen molar-refractivity contribution in [3.05, 3.63) is 54.2 Å². The third-order valence-electron chi connectivity index (χ3n) is 6.06. The van der Waals surface area contributed by atoms with Crippen molar-refractivity contribution in [3.8, 4) is 22.9 Å². The second-order valence-electron chi connectivity index (χ2n) is 8.32. The summed E-state index contributed by atoms with van der Waals surface area (Å²) in [4.78, 5) is 19.5. The van der Waals surface area contributed by atoms with E-state index in [1.165, 1.54) is 12.1 Å². The van der Waals surface area contributed by atoms with E-state index in [4.69, 9.17) is 14.0 Å². The highest BCUT2D eigenvalue weighted by molar-refractivity contribution is 5.94. The number of hydrogen-bond donors (Lipinski definition) is 1. The molecule has 1 aromatic heterocycles. The maximum Gasteiger partial charge on any atom is 0.241 e. The molecule has 3 aromatic rings. The fourth-order valence-corrected chi connectivity index (χ4v) is 4.24. The van der Waals surface area contributed by atoms with Crippen LogP contribution >= 0.6 is 0 Å². The number of carbonyl (C=O) groups excluding carboxylic acids is 1. The number of nitrogens with zero attached hydrogens (tertiary/aromatic N) is 3. The van der Waals surface area contributed by atoms with Crippen molar-refractivity contribution in [2.24, 2.45) is 0 Å². The number of amides is 1.